The summed E-state index contributed by atoms with van der Waals surface area (Å²) in [6.45, 7) is 3.32. The molecule has 0 spiro atoms. The summed E-state index contributed by atoms with van der Waals surface area (Å²) in [4.78, 5) is 50.3. The van der Waals surface area contributed by atoms with Crippen molar-refractivity contribution in [3.8, 4) is 0 Å². The van der Waals surface area contributed by atoms with E-state index < -0.39 is 18.0 Å². The molecule has 0 bridgehead atoms. The van der Waals surface area contributed by atoms with Gasteiger partial charge < -0.3 is 10.1 Å². The van der Waals surface area contributed by atoms with Gasteiger partial charge in [0.1, 0.15) is 0 Å². The minimum absolute atomic E-state index is 0.228. The number of esters is 1. The molecular formula is C25H19NO5. The molecule has 1 aliphatic carbocycles. The van der Waals surface area contributed by atoms with Gasteiger partial charge in [-0.05, 0) is 44.2 Å². The van der Waals surface area contributed by atoms with Gasteiger partial charge in [-0.2, -0.15) is 0 Å². The topological polar surface area (TPSA) is 89.5 Å². The lowest BCUT2D eigenvalue weighted by Crippen LogP contribution is -2.30. The molecule has 1 aliphatic rings. The van der Waals surface area contributed by atoms with Crippen LogP contribution in [0.5, 0.6) is 0 Å². The number of hydrogen-bond donors (Lipinski definition) is 1. The molecule has 0 heterocycles. The molecule has 0 aliphatic heterocycles. The van der Waals surface area contributed by atoms with Crippen molar-refractivity contribution < 1.29 is 23.9 Å². The number of carbonyl (C=O) groups is 4. The van der Waals surface area contributed by atoms with Crippen LogP contribution in [0.1, 0.15) is 54.7 Å². The van der Waals surface area contributed by atoms with Gasteiger partial charge in [0, 0.05) is 27.9 Å². The molecule has 0 saturated carbocycles. The molecule has 0 fully saturated rings. The first kappa shape index (κ1) is 20.2. The van der Waals surface area contributed by atoms with E-state index in [-0.39, 0.29) is 17.1 Å². The molecule has 1 amide bonds. The lowest BCUT2D eigenvalue weighted by atomic mass is 9.84. The van der Waals surface area contributed by atoms with Crippen molar-refractivity contribution in [3.05, 3.63) is 100 Å². The molecule has 4 rings (SSSR count). The van der Waals surface area contributed by atoms with Crippen molar-refractivity contribution in [3.63, 3.8) is 0 Å². The van der Waals surface area contributed by atoms with Crippen LogP contribution in [-0.4, -0.2) is 29.5 Å². The Hall–Kier alpha value is -4.06. The van der Waals surface area contributed by atoms with Gasteiger partial charge in [0.25, 0.3) is 5.91 Å². The van der Waals surface area contributed by atoms with Crippen LogP contribution in [-0.2, 0) is 9.53 Å². The Labute approximate surface area is 178 Å². The predicted octanol–water partition coefficient (Wildman–Crippen LogP) is 3.95. The molecule has 1 N–H and O–H groups in total. The van der Waals surface area contributed by atoms with E-state index in [0.717, 1.165) is 5.56 Å². The molecule has 1 atom stereocenters. The van der Waals surface area contributed by atoms with Crippen LogP contribution in [0.3, 0.4) is 0 Å². The number of rotatable bonds is 4. The van der Waals surface area contributed by atoms with Gasteiger partial charge in [-0.3, -0.25) is 14.4 Å². The van der Waals surface area contributed by atoms with Gasteiger partial charge in [0.2, 0.25) is 0 Å². The summed E-state index contributed by atoms with van der Waals surface area (Å²) in [5.74, 6) is -1.66. The van der Waals surface area contributed by atoms with Crippen LogP contribution < -0.4 is 5.32 Å². The summed E-state index contributed by atoms with van der Waals surface area (Å²) >= 11 is 0. The number of fused-ring (bicyclic) bond motifs is 2. The number of ketones is 2. The highest BCUT2D eigenvalue weighted by Crippen LogP contribution is 2.29. The summed E-state index contributed by atoms with van der Waals surface area (Å²) in [6, 6.07) is 18.1. The maximum absolute atomic E-state index is 12.8. The highest BCUT2D eigenvalue weighted by Gasteiger charge is 2.29. The summed E-state index contributed by atoms with van der Waals surface area (Å²) in [6.07, 6.45) is -1.05. The summed E-state index contributed by atoms with van der Waals surface area (Å²) in [7, 11) is 0. The second-order valence-corrected chi connectivity index (χ2v) is 7.37. The first-order valence-electron chi connectivity index (χ1n) is 9.76. The Balaban J connectivity index is 1.50. The molecule has 31 heavy (non-hydrogen) atoms. The van der Waals surface area contributed by atoms with E-state index in [0.29, 0.717) is 27.9 Å². The first-order valence-corrected chi connectivity index (χ1v) is 9.76. The molecule has 6 heteroatoms. The van der Waals surface area contributed by atoms with Crippen LogP contribution in [0, 0.1) is 6.92 Å². The maximum Gasteiger partial charge on any atom is 0.338 e. The molecule has 0 aromatic heterocycles. The second-order valence-electron chi connectivity index (χ2n) is 7.37. The number of hydrogen-bond acceptors (Lipinski definition) is 5. The molecule has 3 aromatic carbocycles. The number of benzene rings is 3. The molecule has 0 unspecified atom stereocenters. The standard InChI is InChI=1S/C25H19NO5/c1-14-6-5-7-16(12-14)25(30)31-15(2)24(29)26-17-10-11-20-21(13-17)23(28)19-9-4-3-8-18(19)22(20)27/h3-13,15H,1-2H3,(H,26,29)/t15-/m0/s1. The van der Waals surface area contributed by atoms with E-state index >= 15 is 0 Å². The minimum Gasteiger partial charge on any atom is -0.449 e. The third-order valence-electron chi connectivity index (χ3n) is 5.10. The van der Waals surface area contributed by atoms with Gasteiger partial charge in [0.15, 0.2) is 17.7 Å². The fraction of sp³-hybridized carbons (Fsp3) is 0.120. The zero-order valence-electron chi connectivity index (χ0n) is 17.0. The van der Waals surface area contributed by atoms with Crippen molar-refractivity contribution in [2.24, 2.45) is 0 Å². The van der Waals surface area contributed by atoms with Gasteiger partial charge in [-0.1, -0.05) is 42.0 Å². The number of anilines is 1. The monoisotopic (exact) mass is 413 g/mol. The third kappa shape index (κ3) is 3.88. The fourth-order valence-corrected chi connectivity index (χ4v) is 3.48. The van der Waals surface area contributed by atoms with Crippen LogP contribution in [0.4, 0.5) is 5.69 Å². The minimum atomic E-state index is -1.05. The normalized spacial score (nSPS) is 13.1. The van der Waals surface area contributed by atoms with E-state index in [9.17, 15) is 19.2 Å². The summed E-state index contributed by atoms with van der Waals surface area (Å²) < 4.78 is 5.25. The molecule has 3 aromatic rings. The van der Waals surface area contributed by atoms with Gasteiger partial charge >= 0.3 is 5.97 Å². The smallest absolute Gasteiger partial charge is 0.338 e. The zero-order valence-corrected chi connectivity index (χ0v) is 17.0. The zero-order chi connectivity index (χ0) is 22.1. The van der Waals surface area contributed by atoms with Crippen molar-refractivity contribution in [2.45, 2.75) is 20.0 Å². The van der Waals surface area contributed by atoms with E-state index in [4.69, 9.17) is 4.74 Å². The largest absolute Gasteiger partial charge is 0.449 e. The molecule has 0 radical (unpaired) electrons. The molecule has 154 valence electrons. The van der Waals surface area contributed by atoms with Gasteiger partial charge in [0.05, 0.1) is 5.56 Å². The number of nitrogens with one attached hydrogen (secondary N) is 1. The predicted molar refractivity (Wildman–Crippen MR) is 114 cm³/mol. The highest BCUT2D eigenvalue weighted by molar-refractivity contribution is 6.28. The second kappa shape index (κ2) is 7.99. The molecule has 6 nitrogen and oxygen atoms in total. The van der Waals surface area contributed by atoms with Crippen LogP contribution in [0.25, 0.3) is 0 Å². The molecule has 0 saturated heterocycles. The van der Waals surface area contributed by atoms with E-state index in [1.54, 1.807) is 48.5 Å². The van der Waals surface area contributed by atoms with Gasteiger partial charge in [-0.25, -0.2) is 4.79 Å². The van der Waals surface area contributed by atoms with Crippen molar-refractivity contribution in [2.75, 3.05) is 5.32 Å². The summed E-state index contributed by atoms with van der Waals surface area (Å²) in [5.41, 5.74) is 2.82. The maximum atomic E-state index is 12.8. The quantitative estimate of drug-likeness (QED) is 0.512. The lowest BCUT2D eigenvalue weighted by molar-refractivity contribution is -0.123. The Morgan fingerprint density at radius 2 is 1.45 bits per heavy atom. The van der Waals surface area contributed by atoms with Crippen molar-refractivity contribution in [1.29, 1.82) is 0 Å². The number of amides is 1. The summed E-state index contributed by atoms with van der Waals surface area (Å²) in [5, 5.41) is 2.64. The van der Waals surface area contributed by atoms with E-state index in [1.807, 2.05) is 13.0 Å². The van der Waals surface area contributed by atoms with Crippen molar-refractivity contribution in [1.82, 2.24) is 0 Å². The first-order chi connectivity index (χ1) is 14.8. The lowest BCUT2D eigenvalue weighted by Gasteiger charge is -2.19. The number of carbonyl (C=O) groups excluding carboxylic acids is 4. The molecular weight excluding hydrogens is 394 g/mol. The Kier molecular flexibility index (Phi) is 5.21. The van der Waals surface area contributed by atoms with E-state index in [2.05, 4.69) is 5.32 Å². The number of aryl methyl sites for hydroxylation is 1. The number of ether oxygens (including phenoxy) is 1. The van der Waals surface area contributed by atoms with Gasteiger partial charge in [-0.15, -0.1) is 0 Å². The Morgan fingerprint density at radius 1 is 0.806 bits per heavy atom. The van der Waals surface area contributed by atoms with Crippen LogP contribution in [0.15, 0.2) is 66.7 Å². The van der Waals surface area contributed by atoms with E-state index in [1.165, 1.54) is 19.1 Å². The van der Waals surface area contributed by atoms with Crippen molar-refractivity contribution >= 4 is 29.1 Å². The fourth-order valence-electron chi connectivity index (χ4n) is 3.48. The SMILES string of the molecule is Cc1cccc(C(=O)O[C@@H](C)C(=O)Nc2ccc3c(c2)C(=O)c2ccccc2C3=O)c1. The average molecular weight is 413 g/mol. The van der Waals surface area contributed by atoms with Crippen LogP contribution >= 0.6 is 0 Å². The highest BCUT2D eigenvalue weighted by atomic mass is 16.5. The average Bonchev–Trinajstić information content (AvgIpc) is 2.77. The Morgan fingerprint density at radius 3 is 2.13 bits per heavy atom. The third-order valence-corrected chi connectivity index (χ3v) is 5.10. The van der Waals surface area contributed by atoms with Crippen LogP contribution in [0.2, 0.25) is 0 Å². The Bertz CT molecular complexity index is 1240.